The van der Waals surface area contributed by atoms with Crippen LogP contribution in [0.4, 0.5) is 0 Å². The molecule has 0 aliphatic heterocycles. The zero-order valence-electron chi connectivity index (χ0n) is 38.5. The summed E-state index contributed by atoms with van der Waals surface area (Å²) in [5, 5.41) is 23.7. The Labute approximate surface area is 355 Å². The summed E-state index contributed by atoms with van der Waals surface area (Å²) in [6.45, 7) is 6.48. The summed E-state index contributed by atoms with van der Waals surface area (Å²) in [5.41, 5.74) is 0. The Morgan fingerprint density at radius 2 is 0.842 bits per heavy atom. The van der Waals surface area contributed by atoms with Crippen LogP contribution in [0.2, 0.25) is 0 Å². The van der Waals surface area contributed by atoms with Crippen molar-refractivity contribution in [2.75, 3.05) is 6.61 Å². The average molecular weight is 806 g/mol. The Balaban J connectivity index is 4.51. The van der Waals surface area contributed by atoms with Gasteiger partial charge in [0.25, 0.3) is 0 Å². The van der Waals surface area contributed by atoms with Crippen LogP contribution in [0, 0.1) is 0 Å². The fourth-order valence-electron chi connectivity index (χ4n) is 7.96. The van der Waals surface area contributed by atoms with E-state index in [1.807, 2.05) is 0 Å². The monoisotopic (exact) mass is 806 g/mol. The number of aliphatic hydroxyl groups is 2. The molecule has 0 heterocycles. The van der Waals surface area contributed by atoms with Crippen LogP contribution in [-0.2, 0) is 14.3 Å². The van der Waals surface area contributed by atoms with Crippen LogP contribution in [0.5, 0.6) is 0 Å². The van der Waals surface area contributed by atoms with Gasteiger partial charge in [-0.2, -0.15) is 0 Å². The highest BCUT2D eigenvalue weighted by molar-refractivity contribution is 5.77. The number of unbranched alkanes of at least 4 members (excludes halogenated alkanes) is 32. The fraction of sp³-hybridized carbons (Fsp3) is 0.922. The van der Waals surface area contributed by atoms with Gasteiger partial charge in [0, 0.05) is 6.42 Å². The van der Waals surface area contributed by atoms with Crippen LogP contribution in [0.25, 0.3) is 0 Å². The smallest absolute Gasteiger partial charge is 0.306 e. The molecule has 6 nitrogen and oxygen atoms in total. The van der Waals surface area contributed by atoms with Gasteiger partial charge in [-0.05, 0) is 51.4 Å². The first kappa shape index (κ1) is 55.6. The molecule has 3 N–H and O–H groups in total. The van der Waals surface area contributed by atoms with E-state index < -0.39 is 18.2 Å². The number of carbonyl (C=O) groups excluding carboxylic acids is 2. The second-order valence-electron chi connectivity index (χ2n) is 17.6. The van der Waals surface area contributed by atoms with Crippen molar-refractivity contribution in [2.24, 2.45) is 0 Å². The third kappa shape index (κ3) is 41.1. The molecule has 0 bridgehead atoms. The van der Waals surface area contributed by atoms with E-state index in [0.29, 0.717) is 19.3 Å². The molecule has 0 rings (SSSR count). The minimum absolute atomic E-state index is 0.0810. The largest absolute Gasteiger partial charge is 0.462 e. The first-order chi connectivity index (χ1) is 28.0. The zero-order valence-corrected chi connectivity index (χ0v) is 38.5. The van der Waals surface area contributed by atoms with E-state index in [1.54, 1.807) is 0 Å². The van der Waals surface area contributed by atoms with Gasteiger partial charge in [-0.1, -0.05) is 226 Å². The molecule has 1 amide bonds. The minimum atomic E-state index is -0.781. The molecule has 0 aromatic carbocycles. The average Bonchev–Trinajstić information content (AvgIpc) is 3.20. The topological polar surface area (TPSA) is 95.9 Å². The summed E-state index contributed by atoms with van der Waals surface area (Å²) < 4.78 is 5.92. The molecule has 0 aliphatic carbocycles. The van der Waals surface area contributed by atoms with E-state index in [1.165, 1.54) is 180 Å². The molecule has 0 aromatic rings. The highest BCUT2D eigenvalue weighted by Gasteiger charge is 2.24. The van der Waals surface area contributed by atoms with Gasteiger partial charge < -0.3 is 20.3 Å². The first-order valence-corrected chi connectivity index (χ1v) is 25.4. The van der Waals surface area contributed by atoms with E-state index in [9.17, 15) is 19.8 Å². The predicted octanol–water partition coefficient (Wildman–Crippen LogP) is 15.0. The quantitative estimate of drug-likeness (QED) is 0.0323. The molecule has 6 heteroatoms. The Hall–Kier alpha value is -1.40. The van der Waals surface area contributed by atoms with Crippen LogP contribution in [0.15, 0.2) is 12.2 Å². The van der Waals surface area contributed by atoms with E-state index in [4.69, 9.17) is 4.74 Å². The van der Waals surface area contributed by atoms with Crippen LogP contribution >= 0.6 is 0 Å². The second kappa shape index (κ2) is 45.7. The van der Waals surface area contributed by atoms with E-state index in [2.05, 4.69) is 38.2 Å². The summed E-state index contributed by atoms with van der Waals surface area (Å²) in [7, 11) is 0. The molecule has 3 atom stereocenters. The van der Waals surface area contributed by atoms with Crippen LogP contribution < -0.4 is 5.32 Å². The fourth-order valence-corrected chi connectivity index (χ4v) is 7.96. The van der Waals surface area contributed by atoms with Crippen molar-refractivity contribution in [1.82, 2.24) is 5.32 Å². The maximum atomic E-state index is 13.2. The molecule has 57 heavy (non-hydrogen) atoms. The summed E-state index contributed by atoms with van der Waals surface area (Å²) >= 11 is 0. The summed E-state index contributed by atoms with van der Waals surface area (Å²) in [6.07, 6.45) is 49.8. The van der Waals surface area contributed by atoms with Gasteiger partial charge >= 0.3 is 5.97 Å². The number of esters is 1. The molecule has 0 spiro atoms. The number of allylic oxidation sites excluding steroid dienone is 2. The van der Waals surface area contributed by atoms with Gasteiger partial charge in [-0.15, -0.1) is 0 Å². The number of rotatable bonds is 46. The van der Waals surface area contributed by atoms with E-state index in [-0.39, 0.29) is 24.9 Å². The molecule has 3 unspecified atom stereocenters. The van der Waals surface area contributed by atoms with Gasteiger partial charge in [0.1, 0.15) is 6.10 Å². The highest BCUT2D eigenvalue weighted by Crippen LogP contribution is 2.18. The van der Waals surface area contributed by atoms with Crippen molar-refractivity contribution in [3.8, 4) is 0 Å². The third-order valence-corrected chi connectivity index (χ3v) is 11.8. The number of ether oxygens (including phenoxy) is 1. The zero-order chi connectivity index (χ0) is 41.7. The van der Waals surface area contributed by atoms with Gasteiger partial charge in [0.2, 0.25) is 5.91 Å². The standard InChI is InChI=1S/C51H99NO5/c1-4-7-10-13-16-19-22-23-24-25-26-29-32-35-38-41-44-51(56)57-47(42-39-36-33-30-27-20-17-14-11-8-5-2)45-50(55)52-48(46-53)49(54)43-40-37-34-31-28-21-18-15-12-9-6-3/h24-25,47-49,53-54H,4-23,26-46H2,1-3H3,(H,52,55)/b25-24+. The molecule has 0 aromatic heterocycles. The number of aliphatic hydroxyl groups excluding tert-OH is 2. The van der Waals surface area contributed by atoms with E-state index in [0.717, 1.165) is 51.4 Å². The molecule has 0 radical (unpaired) electrons. The van der Waals surface area contributed by atoms with Crippen molar-refractivity contribution >= 4 is 11.9 Å². The Bertz CT molecular complexity index is 863. The normalized spacial score (nSPS) is 13.3. The SMILES string of the molecule is CCCCCCCCC/C=C/CCCCCCCC(=O)OC(CCCCCCCCCCCCC)CC(=O)NC(CO)C(O)CCCCCCCCCCCCC. The van der Waals surface area contributed by atoms with Gasteiger partial charge in [-0.3, -0.25) is 9.59 Å². The number of amides is 1. The number of hydrogen-bond donors (Lipinski definition) is 3. The molecule has 0 fully saturated rings. The predicted molar refractivity (Wildman–Crippen MR) is 246 cm³/mol. The molecule has 0 aliphatic rings. The van der Waals surface area contributed by atoms with Crippen LogP contribution in [0.1, 0.15) is 278 Å². The van der Waals surface area contributed by atoms with Gasteiger partial charge in [0.15, 0.2) is 0 Å². The summed E-state index contributed by atoms with van der Waals surface area (Å²) in [4.78, 5) is 26.1. The maximum absolute atomic E-state index is 13.2. The lowest BCUT2D eigenvalue weighted by molar-refractivity contribution is -0.151. The molecular weight excluding hydrogens is 707 g/mol. The first-order valence-electron chi connectivity index (χ1n) is 25.4. The Morgan fingerprint density at radius 3 is 1.25 bits per heavy atom. The lowest BCUT2D eigenvalue weighted by Crippen LogP contribution is -2.46. The Morgan fingerprint density at radius 1 is 0.491 bits per heavy atom. The van der Waals surface area contributed by atoms with E-state index >= 15 is 0 Å². The maximum Gasteiger partial charge on any atom is 0.306 e. The van der Waals surface area contributed by atoms with Crippen molar-refractivity contribution in [3.05, 3.63) is 12.2 Å². The number of carbonyl (C=O) groups is 2. The lowest BCUT2D eigenvalue weighted by atomic mass is 10.0. The number of hydrogen-bond acceptors (Lipinski definition) is 5. The highest BCUT2D eigenvalue weighted by atomic mass is 16.5. The minimum Gasteiger partial charge on any atom is -0.462 e. The number of nitrogens with one attached hydrogen (secondary N) is 1. The molecular formula is C51H99NO5. The van der Waals surface area contributed by atoms with Crippen LogP contribution in [0.3, 0.4) is 0 Å². The third-order valence-electron chi connectivity index (χ3n) is 11.8. The lowest BCUT2D eigenvalue weighted by Gasteiger charge is -2.24. The van der Waals surface area contributed by atoms with Crippen molar-refractivity contribution in [3.63, 3.8) is 0 Å². The molecule has 0 saturated heterocycles. The molecule has 338 valence electrons. The van der Waals surface area contributed by atoms with Crippen LogP contribution in [-0.4, -0.2) is 46.9 Å². The molecule has 0 saturated carbocycles. The van der Waals surface area contributed by atoms with Gasteiger partial charge in [0.05, 0.1) is 25.2 Å². The van der Waals surface area contributed by atoms with Crippen molar-refractivity contribution in [2.45, 2.75) is 296 Å². The summed E-state index contributed by atoms with van der Waals surface area (Å²) in [6, 6.07) is -0.695. The van der Waals surface area contributed by atoms with Crippen molar-refractivity contribution < 1.29 is 24.5 Å². The van der Waals surface area contributed by atoms with Crippen molar-refractivity contribution in [1.29, 1.82) is 0 Å². The van der Waals surface area contributed by atoms with Gasteiger partial charge in [-0.25, -0.2) is 0 Å². The summed E-state index contributed by atoms with van der Waals surface area (Å²) in [5.74, 6) is -0.469. The second-order valence-corrected chi connectivity index (χ2v) is 17.6. The Kier molecular flexibility index (Phi) is 44.6.